The lowest BCUT2D eigenvalue weighted by atomic mass is 10.1. The first-order valence-electron chi connectivity index (χ1n) is 10.9. The Bertz CT molecular complexity index is 1270. The number of aromatic nitrogens is 1. The summed E-state index contributed by atoms with van der Waals surface area (Å²) in [5.41, 5.74) is 5.60. The predicted molar refractivity (Wildman–Crippen MR) is 130 cm³/mol. The lowest BCUT2D eigenvalue weighted by Crippen LogP contribution is -2.13. The van der Waals surface area contributed by atoms with E-state index in [1.54, 1.807) is 37.4 Å². The first kappa shape index (κ1) is 22.4. The SMILES string of the molecule is COc1ccc(-c2nc3cc(C)c(C)cc3o2)cc1NC(=O)c1cccc(OCC(C)C)c1. The fraction of sp³-hybridized carbons (Fsp3) is 0.259. The molecule has 0 radical (unpaired) electrons. The Morgan fingerprint density at radius 3 is 2.61 bits per heavy atom. The average molecular weight is 445 g/mol. The Morgan fingerprint density at radius 1 is 1.06 bits per heavy atom. The van der Waals surface area contributed by atoms with Crippen molar-refractivity contribution in [3.05, 3.63) is 71.3 Å². The quantitative estimate of drug-likeness (QED) is 0.357. The van der Waals surface area contributed by atoms with Crippen molar-refractivity contribution in [2.75, 3.05) is 19.0 Å². The zero-order valence-electron chi connectivity index (χ0n) is 19.6. The number of nitrogens with one attached hydrogen (secondary N) is 1. The molecule has 33 heavy (non-hydrogen) atoms. The van der Waals surface area contributed by atoms with Crippen LogP contribution in [-0.4, -0.2) is 24.6 Å². The third kappa shape index (κ3) is 5.00. The molecule has 0 saturated carbocycles. The van der Waals surface area contributed by atoms with Crippen LogP contribution in [0.5, 0.6) is 11.5 Å². The normalized spacial score (nSPS) is 11.1. The standard InChI is InChI=1S/C27H28N2O4/c1-16(2)15-32-21-8-6-7-19(13-21)26(30)28-23-14-20(9-10-24(23)31-5)27-29-22-11-17(3)18(4)12-25(22)33-27/h6-14,16H,15H2,1-5H3,(H,28,30). The minimum absolute atomic E-state index is 0.260. The smallest absolute Gasteiger partial charge is 0.255 e. The molecule has 3 aromatic carbocycles. The number of rotatable bonds is 7. The van der Waals surface area contributed by atoms with E-state index in [2.05, 4.69) is 24.1 Å². The van der Waals surface area contributed by atoms with Gasteiger partial charge in [-0.2, -0.15) is 0 Å². The molecule has 6 heteroatoms. The highest BCUT2D eigenvalue weighted by Gasteiger charge is 2.15. The third-order valence-electron chi connectivity index (χ3n) is 5.38. The molecule has 4 aromatic rings. The molecule has 0 aliphatic carbocycles. The number of aryl methyl sites for hydroxylation is 2. The zero-order chi connectivity index (χ0) is 23.5. The molecule has 0 fully saturated rings. The van der Waals surface area contributed by atoms with Crippen LogP contribution in [0.4, 0.5) is 5.69 Å². The predicted octanol–water partition coefficient (Wildman–Crippen LogP) is 6.41. The van der Waals surface area contributed by atoms with Crippen molar-refractivity contribution in [2.45, 2.75) is 27.7 Å². The van der Waals surface area contributed by atoms with Gasteiger partial charge in [-0.1, -0.05) is 19.9 Å². The Hall–Kier alpha value is -3.80. The topological polar surface area (TPSA) is 73.6 Å². The number of ether oxygens (including phenoxy) is 2. The van der Waals surface area contributed by atoms with Gasteiger partial charge in [-0.3, -0.25) is 4.79 Å². The van der Waals surface area contributed by atoms with Gasteiger partial charge in [0.05, 0.1) is 19.4 Å². The maximum atomic E-state index is 13.0. The van der Waals surface area contributed by atoms with Crippen LogP contribution in [-0.2, 0) is 0 Å². The second-order valence-corrected chi connectivity index (χ2v) is 8.53. The van der Waals surface area contributed by atoms with Gasteiger partial charge in [0, 0.05) is 11.1 Å². The van der Waals surface area contributed by atoms with Crippen LogP contribution in [0.2, 0.25) is 0 Å². The number of hydrogen-bond acceptors (Lipinski definition) is 5. The number of carbonyl (C=O) groups excluding carboxylic acids is 1. The monoisotopic (exact) mass is 444 g/mol. The highest BCUT2D eigenvalue weighted by molar-refractivity contribution is 6.05. The van der Waals surface area contributed by atoms with Gasteiger partial charge in [-0.25, -0.2) is 4.98 Å². The molecule has 0 spiro atoms. The summed E-state index contributed by atoms with van der Waals surface area (Å²) in [6.07, 6.45) is 0. The maximum absolute atomic E-state index is 13.0. The number of fused-ring (bicyclic) bond motifs is 1. The molecule has 0 saturated heterocycles. The zero-order valence-corrected chi connectivity index (χ0v) is 19.6. The number of nitrogens with zero attached hydrogens (tertiary/aromatic N) is 1. The van der Waals surface area contributed by atoms with Crippen LogP contribution in [0, 0.1) is 19.8 Å². The number of hydrogen-bond donors (Lipinski definition) is 1. The third-order valence-corrected chi connectivity index (χ3v) is 5.38. The summed E-state index contributed by atoms with van der Waals surface area (Å²) >= 11 is 0. The molecule has 170 valence electrons. The van der Waals surface area contributed by atoms with Gasteiger partial charge in [0.15, 0.2) is 5.58 Å². The van der Waals surface area contributed by atoms with Crippen LogP contribution in [0.15, 0.2) is 59.0 Å². The molecular formula is C27H28N2O4. The second kappa shape index (κ2) is 9.36. The van der Waals surface area contributed by atoms with Crippen LogP contribution >= 0.6 is 0 Å². The molecule has 0 aliphatic rings. The Kier molecular flexibility index (Phi) is 6.36. The van der Waals surface area contributed by atoms with Crippen molar-refractivity contribution < 1.29 is 18.7 Å². The summed E-state index contributed by atoms with van der Waals surface area (Å²) in [7, 11) is 1.57. The number of amides is 1. The lowest BCUT2D eigenvalue weighted by Gasteiger charge is -2.13. The lowest BCUT2D eigenvalue weighted by molar-refractivity contribution is 0.102. The molecule has 0 aliphatic heterocycles. The van der Waals surface area contributed by atoms with Crippen molar-refractivity contribution in [3.8, 4) is 23.0 Å². The van der Waals surface area contributed by atoms with Crippen molar-refractivity contribution in [2.24, 2.45) is 5.92 Å². The minimum atomic E-state index is -0.260. The molecule has 0 atom stereocenters. The number of carbonyl (C=O) groups is 1. The van der Waals surface area contributed by atoms with Crippen LogP contribution in [0.3, 0.4) is 0 Å². The van der Waals surface area contributed by atoms with E-state index in [0.717, 1.165) is 27.8 Å². The second-order valence-electron chi connectivity index (χ2n) is 8.53. The summed E-state index contributed by atoms with van der Waals surface area (Å²) in [6, 6.07) is 16.6. The van der Waals surface area contributed by atoms with E-state index in [1.807, 2.05) is 38.1 Å². The number of anilines is 1. The fourth-order valence-corrected chi connectivity index (χ4v) is 3.43. The van der Waals surface area contributed by atoms with Gasteiger partial charge in [-0.05, 0) is 79.4 Å². The molecule has 0 bridgehead atoms. The van der Waals surface area contributed by atoms with Crippen molar-refractivity contribution >= 4 is 22.7 Å². The average Bonchev–Trinajstić information content (AvgIpc) is 3.20. The largest absolute Gasteiger partial charge is 0.495 e. The number of oxazole rings is 1. The molecular weight excluding hydrogens is 416 g/mol. The first-order valence-corrected chi connectivity index (χ1v) is 10.9. The van der Waals surface area contributed by atoms with Gasteiger partial charge < -0.3 is 19.2 Å². The van der Waals surface area contributed by atoms with E-state index in [1.165, 1.54) is 0 Å². The molecule has 1 amide bonds. The van der Waals surface area contributed by atoms with Gasteiger partial charge >= 0.3 is 0 Å². The van der Waals surface area contributed by atoms with E-state index >= 15 is 0 Å². The van der Waals surface area contributed by atoms with Gasteiger partial charge in [0.2, 0.25) is 5.89 Å². The van der Waals surface area contributed by atoms with Crippen molar-refractivity contribution in [3.63, 3.8) is 0 Å². The van der Waals surface area contributed by atoms with Gasteiger partial charge in [-0.15, -0.1) is 0 Å². The summed E-state index contributed by atoms with van der Waals surface area (Å²) < 4.78 is 17.2. The summed E-state index contributed by atoms with van der Waals surface area (Å²) in [5.74, 6) is 1.83. The van der Waals surface area contributed by atoms with E-state index in [9.17, 15) is 4.79 Å². The maximum Gasteiger partial charge on any atom is 0.255 e. The molecule has 1 heterocycles. The number of benzene rings is 3. The van der Waals surface area contributed by atoms with Crippen LogP contribution < -0.4 is 14.8 Å². The van der Waals surface area contributed by atoms with Crippen molar-refractivity contribution in [1.82, 2.24) is 4.98 Å². The van der Waals surface area contributed by atoms with E-state index in [-0.39, 0.29) is 5.91 Å². The molecule has 4 rings (SSSR count). The highest BCUT2D eigenvalue weighted by Crippen LogP contribution is 2.33. The van der Waals surface area contributed by atoms with Crippen molar-refractivity contribution in [1.29, 1.82) is 0 Å². The molecule has 1 aromatic heterocycles. The van der Waals surface area contributed by atoms with Crippen LogP contribution in [0.1, 0.15) is 35.3 Å². The summed E-state index contributed by atoms with van der Waals surface area (Å²) in [5, 5.41) is 2.94. The Labute approximate surface area is 193 Å². The summed E-state index contributed by atoms with van der Waals surface area (Å²) in [4.78, 5) is 17.6. The fourth-order valence-electron chi connectivity index (χ4n) is 3.43. The Morgan fingerprint density at radius 2 is 1.85 bits per heavy atom. The van der Waals surface area contributed by atoms with E-state index < -0.39 is 0 Å². The van der Waals surface area contributed by atoms with Gasteiger partial charge in [0.1, 0.15) is 17.0 Å². The highest BCUT2D eigenvalue weighted by atomic mass is 16.5. The minimum Gasteiger partial charge on any atom is -0.495 e. The van der Waals surface area contributed by atoms with E-state index in [4.69, 9.17) is 13.9 Å². The van der Waals surface area contributed by atoms with E-state index in [0.29, 0.717) is 41.2 Å². The number of methoxy groups -OCH3 is 1. The summed E-state index contributed by atoms with van der Waals surface area (Å²) in [6.45, 7) is 8.84. The molecule has 0 unspecified atom stereocenters. The van der Waals surface area contributed by atoms with Crippen LogP contribution in [0.25, 0.3) is 22.6 Å². The molecule has 6 nitrogen and oxygen atoms in total. The van der Waals surface area contributed by atoms with Gasteiger partial charge in [0.25, 0.3) is 5.91 Å². The Balaban J connectivity index is 1.61. The first-order chi connectivity index (χ1) is 15.8. The molecule has 1 N–H and O–H groups in total.